The first-order valence-electron chi connectivity index (χ1n) is 6.81. The average Bonchev–Trinajstić information content (AvgIpc) is 2.98. The number of aryl methyl sites for hydroxylation is 3. The minimum atomic E-state index is -0.0736. The number of amides is 1. The molecule has 0 aliphatic carbocycles. The number of hydrogen-bond donors (Lipinski definition) is 1. The number of nitrogens with zero attached hydrogens (tertiary/aromatic N) is 3. The molecule has 0 saturated heterocycles. The van der Waals surface area contributed by atoms with Crippen molar-refractivity contribution in [3.8, 4) is 0 Å². The largest absolute Gasteiger partial charge is 0.375 e. The van der Waals surface area contributed by atoms with Gasteiger partial charge in [0, 0.05) is 11.9 Å². The van der Waals surface area contributed by atoms with E-state index in [1.165, 1.54) is 11.3 Å². The topological polar surface area (TPSA) is 72.1 Å². The maximum absolute atomic E-state index is 12.7. The van der Waals surface area contributed by atoms with Gasteiger partial charge in [-0.25, -0.2) is 9.97 Å². The van der Waals surface area contributed by atoms with Crippen LogP contribution in [-0.2, 0) is 6.42 Å². The van der Waals surface area contributed by atoms with Crippen LogP contribution in [0.4, 0.5) is 5.13 Å². The van der Waals surface area contributed by atoms with Crippen molar-refractivity contribution in [2.75, 3.05) is 12.8 Å². The highest BCUT2D eigenvalue weighted by Gasteiger charge is 2.26. The molecule has 0 bridgehead atoms. The molecule has 0 unspecified atom stereocenters. The Morgan fingerprint density at radius 1 is 1.33 bits per heavy atom. The van der Waals surface area contributed by atoms with Gasteiger partial charge in [-0.15, -0.1) is 11.3 Å². The van der Waals surface area contributed by atoms with Crippen LogP contribution in [0.3, 0.4) is 0 Å². The van der Waals surface area contributed by atoms with E-state index in [4.69, 9.17) is 5.73 Å². The molecule has 2 heterocycles. The Labute approximate surface area is 132 Å². The zero-order valence-corrected chi connectivity index (χ0v) is 14.6. The maximum Gasteiger partial charge on any atom is 0.266 e. The van der Waals surface area contributed by atoms with Crippen molar-refractivity contribution < 1.29 is 4.79 Å². The Hall–Kier alpha value is -1.47. The number of hydrogen-bond acceptors (Lipinski definition) is 6. The fraction of sp³-hybridized carbons (Fsp3) is 0.500. The Kier molecular flexibility index (Phi) is 4.63. The van der Waals surface area contributed by atoms with Gasteiger partial charge in [-0.3, -0.25) is 4.79 Å². The summed E-state index contributed by atoms with van der Waals surface area (Å²) in [4.78, 5) is 25.0. The maximum atomic E-state index is 12.7. The second kappa shape index (κ2) is 6.11. The van der Waals surface area contributed by atoms with Crippen LogP contribution in [-0.4, -0.2) is 27.8 Å². The molecular weight excluding hydrogens is 304 g/mol. The van der Waals surface area contributed by atoms with Gasteiger partial charge in [0.15, 0.2) is 5.13 Å². The van der Waals surface area contributed by atoms with Crippen LogP contribution >= 0.6 is 22.7 Å². The molecule has 2 N–H and O–H groups in total. The summed E-state index contributed by atoms with van der Waals surface area (Å²) in [6, 6.07) is -0.0736. The number of nitrogens with two attached hydrogens (primary N) is 1. The predicted molar refractivity (Wildman–Crippen MR) is 88.0 cm³/mol. The van der Waals surface area contributed by atoms with Crippen LogP contribution in [0.25, 0.3) is 0 Å². The third-order valence-corrected chi connectivity index (χ3v) is 5.30. The highest BCUT2D eigenvalue weighted by atomic mass is 32.1. The second-order valence-electron chi connectivity index (χ2n) is 4.95. The minimum Gasteiger partial charge on any atom is -0.375 e. The molecule has 2 aromatic heterocycles. The van der Waals surface area contributed by atoms with Gasteiger partial charge in [0.1, 0.15) is 4.88 Å². The Morgan fingerprint density at radius 3 is 2.52 bits per heavy atom. The van der Waals surface area contributed by atoms with Crippen molar-refractivity contribution >= 4 is 33.7 Å². The van der Waals surface area contributed by atoms with Crippen molar-refractivity contribution in [2.45, 2.75) is 40.2 Å². The van der Waals surface area contributed by atoms with Gasteiger partial charge in [0.25, 0.3) is 5.91 Å². The summed E-state index contributed by atoms with van der Waals surface area (Å²) in [5.41, 5.74) is 7.47. The highest BCUT2D eigenvalue weighted by Crippen LogP contribution is 2.29. The molecule has 0 aliphatic heterocycles. The number of aromatic nitrogens is 2. The van der Waals surface area contributed by atoms with E-state index in [0.29, 0.717) is 16.4 Å². The van der Waals surface area contributed by atoms with Crippen LogP contribution in [0, 0.1) is 13.8 Å². The predicted octanol–water partition coefficient (Wildman–Crippen LogP) is 3.19. The zero-order chi connectivity index (χ0) is 15.7. The van der Waals surface area contributed by atoms with Crippen molar-refractivity contribution in [1.29, 1.82) is 0 Å². The number of carbonyl (C=O) groups is 1. The summed E-state index contributed by atoms with van der Waals surface area (Å²) in [6.45, 7) is 7.99. The standard InChI is InChI=1S/C14H20N4OS2/c1-6-10-12(21-14(15)17-10)13(19)18(5)7(2)11-8(3)20-9(4)16-11/h7H,6H2,1-5H3,(H2,15,17)/t7-/m1/s1. The zero-order valence-electron chi connectivity index (χ0n) is 12.9. The van der Waals surface area contributed by atoms with Gasteiger partial charge < -0.3 is 10.6 Å². The highest BCUT2D eigenvalue weighted by molar-refractivity contribution is 7.17. The van der Waals surface area contributed by atoms with E-state index in [-0.39, 0.29) is 11.9 Å². The summed E-state index contributed by atoms with van der Waals surface area (Å²) in [5, 5.41) is 1.46. The quantitative estimate of drug-likeness (QED) is 0.937. The van der Waals surface area contributed by atoms with E-state index in [0.717, 1.165) is 21.3 Å². The first kappa shape index (κ1) is 15.9. The third-order valence-electron chi connectivity index (χ3n) is 3.48. The molecule has 21 heavy (non-hydrogen) atoms. The SMILES string of the molecule is CCc1nc(N)sc1C(=O)N(C)[C@H](C)c1nc(C)sc1C. The molecule has 5 nitrogen and oxygen atoms in total. The molecule has 0 aliphatic rings. The van der Waals surface area contributed by atoms with Crippen LogP contribution in [0.1, 0.15) is 50.8 Å². The Morgan fingerprint density at radius 2 is 2.00 bits per heavy atom. The molecule has 0 saturated carbocycles. The second-order valence-corrected chi connectivity index (χ2v) is 7.39. The molecular formula is C14H20N4OS2. The molecule has 0 fully saturated rings. The fourth-order valence-electron chi connectivity index (χ4n) is 2.23. The van der Waals surface area contributed by atoms with E-state index >= 15 is 0 Å². The lowest BCUT2D eigenvalue weighted by Crippen LogP contribution is -2.30. The van der Waals surface area contributed by atoms with Gasteiger partial charge in [-0.1, -0.05) is 18.3 Å². The number of thiazole rings is 2. The molecule has 1 amide bonds. The number of nitrogen functional groups attached to an aromatic ring is 1. The van der Waals surface area contributed by atoms with Crippen LogP contribution in [0.5, 0.6) is 0 Å². The van der Waals surface area contributed by atoms with Gasteiger partial charge >= 0.3 is 0 Å². The summed E-state index contributed by atoms with van der Waals surface area (Å²) < 4.78 is 0. The number of rotatable bonds is 4. The minimum absolute atomic E-state index is 0.0430. The van der Waals surface area contributed by atoms with E-state index in [9.17, 15) is 4.79 Å². The van der Waals surface area contributed by atoms with Gasteiger partial charge in [0.2, 0.25) is 0 Å². The molecule has 2 rings (SSSR count). The van der Waals surface area contributed by atoms with Crippen LogP contribution in [0.2, 0.25) is 0 Å². The third kappa shape index (κ3) is 3.08. The average molecular weight is 324 g/mol. The lowest BCUT2D eigenvalue weighted by molar-refractivity contribution is 0.0743. The van der Waals surface area contributed by atoms with Crippen LogP contribution in [0.15, 0.2) is 0 Å². The summed E-state index contributed by atoms with van der Waals surface area (Å²) in [6.07, 6.45) is 0.700. The van der Waals surface area contributed by atoms with Crippen molar-refractivity contribution in [1.82, 2.24) is 14.9 Å². The smallest absolute Gasteiger partial charge is 0.266 e. The van der Waals surface area contributed by atoms with E-state index in [1.807, 2.05) is 27.7 Å². The van der Waals surface area contributed by atoms with E-state index in [2.05, 4.69) is 9.97 Å². The molecule has 7 heteroatoms. The van der Waals surface area contributed by atoms with E-state index < -0.39 is 0 Å². The Balaban J connectivity index is 2.28. The van der Waals surface area contributed by atoms with Crippen molar-refractivity contribution in [3.05, 3.63) is 26.1 Å². The molecule has 114 valence electrons. The Bertz CT molecular complexity index is 662. The monoisotopic (exact) mass is 324 g/mol. The molecule has 1 atom stereocenters. The lowest BCUT2D eigenvalue weighted by Gasteiger charge is -2.24. The number of carbonyl (C=O) groups excluding carboxylic acids is 1. The normalized spacial score (nSPS) is 12.4. The van der Waals surface area contributed by atoms with Gasteiger partial charge in [-0.2, -0.15) is 0 Å². The van der Waals surface area contributed by atoms with Crippen molar-refractivity contribution in [2.24, 2.45) is 0 Å². The van der Waals surface area contributed by atoms with Crippen LogP contribution < -0.4 is 5.73 Å². The summed E-state index contributed by atoms with van der Waals surface area (Å²) in [7, 11) is 1.80. The lowest BCUT2D eigenvalue weighted by atomic mass is 10.1. The van der Waals surface area contributed by atoms with Gasteiger partial charge in [0.05, 0.1) is 22.4 Å². The van der Waals surface area contributed by atoms with E-state index in [1.54, 1.807) is 23.3 Å². The van der Waals surface area contributed by atoms with Crippen molar-refractivity contribution in [3.63, 3.8) is 0 Å². The molecule has 2 aromatic rings. The number of anilines is 1. The van der Waals surface area contributed by atoms with Gasteiger partial charge in [-0.05, 0) is 27.2 Å². The first-order valence-corrected chi connectivity index (χ1v) is 8.44. The molecule has 0 spiro atoms. The molecule has 0 aromatic carbocycles. The summed E-state index contributed by atoms with van der Waals surface area (Å²) in [5.74, 6) is -0.0430. The first-order chi connectivity index (χ1) is 9.85. The molecule has 0 radical (unpaired) electrons. The summed E-state index contributed by atoms with van der Waals surface area (Å²) >= 11 is 2.91. The fourth-order valence-corrected chi connectivity index (χ4v) is 4.04.